The second-order valence-corrected chi connectivity index (χ2v) is 8.69. The Hall–Kier alpha value is 1.23. The molecule has 16 heteroatoms. The van der Waals surface area contributed by atoms with Gasteiger partial charge in [0.05, 0.1) is 9.79 Å². The number of nitrogens with two attached hydrogens (primary N) is 1. The molecule has 0 bridgehead atoms. The van der Waals surface area contributed by atoms with Crippen LogP contribution in [-0.4, -0.2) is 128 Å². The average Bonchev–Trinajstić information content (AvgIpc) is 2.33. The quantitative estimate of drug-likeness (QED) is 0.234. The van der Waals surface area contributed by atoms with Crippen LogP contribution in [0.5, 0.6) is 0 Å². The van der Waals surface area contributed by atoms with Gasteiger partial charge in [-0.25, -0.2) is 0 Å². The normalized spacial score (nSPS) is 11.8. The van der Waals surface area contributed by atoms with E-state index in [-0.39, 0.29) is 99.4 Å². The van der Waals surface area contributed by atoms with E-state index in [1.165, 1.54) is 0 Å². The molecule has 0 unspecified atom stereocenters. The second kappa shape index (κ2) is 9.82. The monoisotopic (exact) mass is 455 g/mol. The molecule has 2 aromatic rings. The first-order valence-electron chi connectivity index (χ1n) is 5.51. The van der Waals surface area contributed by atoms with Gasteiger partial charge in [0.15, 0.2) is 0 Å². The fraction of sp³-hybridized carbons (Fsp3) is 0. The van der Waals surface area contributed by atoms with Gasteiger partial charge in [-0.2, -0.15) is 25.3 Å². The van der Waals surface area contributed by atoms with Crippen molar-refractivity contribution < 1.29 is 38.9 Å². The van der Waals surface area contributed by atoms with Gasteiger partial charge >= 0.3 is 88.7 Å². The van der Waals surface area contributed by atoms with Gasteiger partial charge in [-0.3, -0.25) is 13.7 Å². The Morgan fingerprint density at radius 3 is 1.38 bits per heavy atom. The fourth-order valence-corrected chi connectivity index (χ4v) is 3.89. The summed E-state index contributed by atoms with van der Waals surface area (Å²) >= 11 is 0. The molecular weight excluding hydrogens is 443 g/mol. The summed E-state index contributed by atoms with van der Waals surface area (Å²) in [6.45, 7) is 0. The van der Waals surface area contributed by atoms with Crippen molar-refractivity contribution >= 4 is 135 Å². The molecule has 0 aliphatic heterocycles. The summed E-state index contributed by atoms with van der Waals surface area (Å²) in [6.07, 6.45) is 0. The van der Waals surface area contributed by atoms with E-state index < -0.39 is 50.7 Å². The molecule has 2 rings (SSSR count). The minimum absolute atomic E-state index is 0. The van der Waals surface area contributed by atoms with E-state index in [0.717, 1.165) is 18.2 Å². The number of anilines is 1. The molecule has 132 valence electrons. The van der Waals surface area contributed by atoms with Crippen molar-refractivity contribution in [3.8, 4) is 0 Å². The zero-order valence-corrected chi connectivity index (χ0v) is 13.4. The molecule has 0 aliphatic carbocycles. The number of hydrogen-bond donors (Lipinski definition) is 4. The Kier molecular flexibility index (Phi) is 11.1. The van der Waals surface area contributed by atoms with Gasteiger partial charge < -0.3 is 5.73 Å². The van der Waals surface area contributed by atoms with Gasteiger partial charge in [0.25, 0.3) is 30.4 Å². The minimum atomic E-state index is -4.95. The number of nitrogen functional groups attached to an aromatic ring is 1. The standard InChI is InChI=1S/C10H9NO9S3.3Na.3H/c11-8-3-6(21(12,13)14)1-5-2-7(22(15,16)17)4-9(10(5)8)23(18,19)20;;;;;;/h1-4H,11H2,(H,12,13,14)(H,15,16,17)(H,18,19,20);;;;;;. The topological polar surface area (TPSA) is 189 Å². The third-order valence-electron chi connectivity index (χ3n) is 2.86. The molecule has 0 heterocycles. The van der Waals surface area contributed by atoms with Crippen molar-refractivity contribution in [1.82, 2.24) is 0 Å². The molecule has 0 aromatic heterocycles. The van der Waals surface area contributed by atoms with Crippen LogP contribution in [0.25, 0.3) is 10.8 Å². The molecule has 0 spiro atoms. The van der Waals surface area contributed by atoms with Crippen LogP contribution in [0.2, 0.25) is 0 Å². The van der Waals surface area contributed by atoms with E-state index in [1.807, 2.05) is 0 Å². The predicted octanol–water partition coefficient (Wildman–Crippen LogP) is -1.78. The summed E-state index contributed by atoms with van der Waals surface area (Å²) in [5, 5.41) is -0.715. The molecule has 10 nitrogen and oxygen atoms in total. The Morgan fingerprint density at radius 2 is 1.04 bits per heavy atom. The number of rotatable bonds is 3. The zero-order valence-electron chi connectivity index (χ0n) is 10.9. The van der Waals surface area contributed by atoms with Crippen LogP contribution >= 0.6 is 0 Å². The first-order chi connectivity index (χ1) is 10.2. The fourth-order valence-electron chi connectivity index (χ4n) is 1.96. The Bertz CT molecular complexity index is 1140. The number of benzene rings is 2. The summed E-state index contributed by atoms with van der Waals surface area (Å²) < 4.78 is 94.8. The number of fused-ring (bicyclic) bond motifs is 1. The molecule has 5 N–H and O–H groups in total. The van der Waals surface area contributed by atoms with Crippen molar-refractivity contribution in [2.45, 2.75) is 14.7 Å². The van der Waals surface area contributed by atoms with Crippen LogP contribution in [0.4, 0.5) is 5.69 Å². The van der Waals surface area contributed by atoms with Gasteiger partial charge in [-0.15, -0.1) is 0 Å². The van der Waals surface area contributed by atoms with Crippen molar-refractivity contribution in [3.05, 3.63) is 24.3 Å². The van der Waals surface area contributed by atoms with Gasteiger partial charge in [-0.1, -0.05) is 0 Å². The van der Waals surface area contributed by atoms with Crippen LogP contribution in [0.3, 0.4) is 0 Å². The second-order valence-electron chi connectivity index (χ2n) is 4.46. The molecule has 0 radical (unpaired) electrons. The predicted molar refractivity (Wildman–Crippen MR) is 99.3 cm³/mol. The molecule has 2 aromatic carbocycles. The first kappa shape index (κ1) is 29.4. The van der Waals surface area contributed by atoms with Crippen LogP contribution in [-0.2, 0) is 30.4 Å². The van der Waals surface area contributed by atoms with Crippen LogP contribution in [0.1, 0.15) is 0 Å². The van der Waals surface area contributed by atoms with Crippen LogP contribution < -0.4 is 5.73 Å². The van der Waals surface area contributed by atoms with E-state index >= 15 is 0 Å². The van der Waals surface area contributed by atoms with E-state index in [1.54, 1.807) is 0 Å². The summed E-state index contributed by atoms with van der Waals surface area (Å²) in [4.78, 5) is -2.58. The first-order valence-corrected chi connectivity index (χ1v) is 9.83. The Morgan fingerprint density at radius 1 is 0.654 bits per heavy atom. The van der Waals surface area contributed by atoms with Crippen molar-refractivity contribution in [3.63, 3.8) is 0 Å². The Balaban J connectivity index is 0. The van der Waals surface area contributed by atoms with E-state index in [9.17, 15) is 29.8 Å². The molecule has 0 saturated carbocycles. The van der Waals surface area contributed by atoms with Crippen molar-refractivity contribution in [2.24, 2.45) is 0 Å². The van der Waals surface area contributed by atoms with E-state index in [2.05, 4.69) is 0 Å². The van der Waals surface area contributed by atoms with Crippen molar-refractivity contribution in [1.29, 1.82) is 0 Å². The molecule has 0 amide bonds. The average molecular weight is 455 g/mol. The van der Waals surface area contributed by atoms with E-state index in [4.69, 9.17) is 14.8 Å². The molecule has 0 atom stereocenters. The molecule has 0 saturated heterocycles. The van der Waals surface area contributed by atoms with Crippen LogP contribution in [0, 0.1) is 0 Å². The summed E-state index contributed by atoms with van der Waals surface area (Å²) in [7, 11) is -14.5. The summed E-state index contributed by atoms with van der Waals surface area (Å²) in [5.74, 6) is 0. The van der Waals surface area contributed by atoms with Gasteiger partial charge in [0, 0.05) is 11.1 Å². The van der Waals surface area contributed by atoms with Gasteiger partial charge in [-0.05, 0) is 29.7 Å². The third kappa shape index (κ3) is 6.64. The molecular formula is C10H12NNa3O9S3. The van der Waals surface area contributed by atoms with Gasteiger partial charge in [0.1, 0.15) is 4.90 Å². The Labute approximate surface area is 216 Å². The zero-order chi connectivity index (χ0) is 17.8. The summed E-state index contributed by atoms with van der Waals surface area (Å²) in [6, 6.07) is 2.69. The molecule has 0 aliphatic rings. The maximum atomic E-state index is 11.4. The maximum absolute atomic E-state index is 11.4. The SMILES string of the molecule is Nc1cc(S(=O)(=O)O)cc2cc(S(=O)(=O)O)cc(S(=O)(=O)O)c12.[NaH].[NaH].[NaH]. The summed E-state index contributed by atoms with van der Waals surface area (Å²) in [5.41, 5.74) is 5.09. The number of hydrogen-bond acceptors (Lipinski definition) is 7. The van der Waals surface area contributed by atoms with Gasteiger partial charge in [0.2, 0.25) is 0 Å². The molecule has 26 heavy (non-hydrogen) atoms. The van der Waals surface area contributed by atoms with Crippen LogP contribution in [0.15, 0.2) is 39.0 Å². The van der Waals surface area contributed by atoms with Crippen molar-refractivity contribution in [2.75, 3.05) is 5.73 Å². The third-order valence-corrected chi connectivity index (χ3v) is 5.40. The van der Waals surface area contributed by atoms with E-state index in [0.29, 0.717) is 6.07 Å². The molecule has 0 fully saturated rings.